The van der Waals surface area contributed by atoms with E-state index in [2.05, 4.69) is 25.3 Å². The maximum atomic E-state index is 13.4. The smallest absolute Gasteiger partial charge is 0.352 e. The number of halogens is 3. The number of aryl methyl sites for hydroxylation is 1. The number of rotatable bonds is 7. The first kappa shape index (κ1) is 23.1. The summed E-state index contributed by atoms with van der Waals surface area (Å²) in [6.07, 6.45) is -1.53. The van der Waals surface area contributed by atoms with Gasteiger partial charge in [-0.15, -0.1) is 0 Å². The molecule has 3 aromatic rings. The van der Waals surface area contributed by atoms with Crippen LogP contribution in [0.4, 0.5) is 19.1 Å². The van der Waals surface area contributed by atoms with Crippen LogP contribution in [0.25, 0.3) is 11.3 Å². The van der Waals surface area contributed by atoms with Crippen LogP contribution in [0.2, 0.25) is 0 Å². The van der Waals surface area contributed by atoms with Crippen molar-refractivity contribution in [3.05, 3.63) is 65.9 Å². The molecular formula is C22H23F3N6O. The second kappa shape index (κ2) is 9.71. The second-order valence-electron chi connectivity index (χ2n) is 7.16. The molecule has 0 bridgehead atoms. The van der Waals surface area contributed by atoms with Gasteiger partial charge in [-0.2, -0.15) is 13.2 Å². The van der Waals surface area contributed by atoms with E-state index < -0.39 is 11.7 Å². The molecule has 0 aliphatic rings. The summed E-state index contributed by atoms with van der Waals surface area (Å²) in [5, 5.41) is 2.88. The van der Waals surface area contributed by atoms with Crippen molar-refractivity contribution >= 4 is 11.9 Å². The van der Waals surface area contributed by atoms with Gasteiger partial charge in [-0.1, -0.05) is 30.3 Å². The molecule has 2 aromatic heterocycles. The number of alkyl halides is 3. The van der Waals surface area contributed by atoms with Gasteiger partial charge in [-0.25, -0.2) is 19.9 Å². The van der Waals surface area contributed by atoms with E-state index in [0.717, 1.165) is 18.0 Å². The van der Waals surface area contributed by atoms with E-state index in [9.17, 15) is 18.0 Å². The average Bonchev–Trinajstić information content (AvgIpc) is 2.78. The number of hydrogen-bond donors (Lipinski definition) is 1. The number of anilines is 1. The number of nitrogens with zero attached hydrogens (tertiary/aromatic N) is 5. The molecule has 0 saturated carbocycles. The third-order valence-electron chi connectivity index (χ3n) is 4.86. The highest BCUT2D eigenvalue weighted by atomic mass is 19.4. The summed E-state index contributed by atoms with van der Waals surface area (Å²) in [6.45, 7) is 6.10. The fraction of sp³-hybridized carbons (Fsp3) is 0.318. The van der Waals surface area contributed by atoms with E-state index in [1.807, 2.05) is 44.2 Å². The summed E-state index contributed by atoms with van der Waals surface area (Å²) in [7, 11) is 0. The summed E-state index contributed by atoms with van der Waals surface area (Å²) in [4.78, 5) is 31.1. The van der Waals surface area contributed by atoms with Gasteiger partial charge < -0.3 is 10.2 Å². The molecule has 32 heavy (non-hydrogen) atoms. The molecule has 168 valence electrons. The summed E-state index contributed by atoms with van der Waals surface area (Å²) >= 11 is 0. The van der Waals surface area contributed by atoms with Gasteiger partial charge in [0.05, 0.1) is 16.8 Å². The average molecular weight is 444 g/mol. The molecule has 1 atom stereocenters. The summed E-state index contributed by atoms with van der Waals surface area (Å²) in [6, 6.07) is 9.07. The van der Waals surface area contributed by atoms with E-state index in [1.54, 1.807) is 11.8 Å². The van der Waals surface area contributed by atoms with Crippen molar-refractivity contribution in [2.45, 2.75) is 33.0 Å². The normalized spacial score (nSPS) is 12.3. The van der Waals surface area contributed by atoms with Crippen LogP contribution in [0.3, 0.4) is 0 Å². The second-order valence-corrected chi connectivity index (χ2v) is 7.16. The molecule has 1 amide bonds. The minimum atomic E-state index is -4.50. The molecule has 1 N–H and O–H groups in total. The largest absolute Gasteiger partial charge is 0.419 e. The molecule has 7 nitrogen and oxygen atoms in total. The Morgan fingerprint density at radius 1 is 1.09 bits per heavy atom. The molecule has 0 fully saturated rings. The molecule has 1 aromatic carbocycles. The molecule has 0 aliphatic carbocycles. The zero-order valence-corrected chi connectivity index (χ0v) is 17.9. The van der Waals surface area contributed by atoms with Crippen LogP contribution in [-0.4, -0.2) is 49.9 Å². The van der Waals surface area contributed by atoms with Crippen molar-refractivity contribution in [2.24, 2.45) is 0 Å². The Bertz CT molecular complexity index is 1060. The van der Waals surface area contributed by atoms with Crippen molar-refractivity contribution in [3.63, 3.8) is 0 Å². The lowest BCUT2D eigenvalue weighted by atomic mass is 10.1. The highest BCUT2D eigenvalue weighted by Crippen LogP contribution is 2.28. The molecule has 1 unspecified atom stereocenters. The van der Waals surface area contributed by atoms with Crippen molar-refractivity contribution < 1.29 is 18.0 Å². The Balaban J connectivity index is 1.76. The molecule has 0 aliphatic heterocycles. The Hall–Kier alpha value is -3.56. The zero-order valence-electron chi connectivity index (χ0n) is 17.9. The van der Waals surface area contributed by atoms with Crippen LogP contribution in [0, 0.1) is 6.92 Å². The van der Waals surface area contributed by atoms with Crippen LogP contribution >= 0.6 is 0 Å². The van der Waals surface area contributed by atoms with Crippen LogP contribution in [0.1, 0.15) is 35.6 Å². The molecule has 0 radical (unpaired) electrons. The number of hydrogen-bond acceptors (Lipinski definition) is 6. The van der Waals surface area contributed by atoms with Crippen molar-refractivity contribution in [3.8, 4) is 11.3 Å². The minimum absolute atomic E-state index is 0.0528. The zero-order chi connectivity index (χ0) is 23.3. The third-order valence-corrected chi connectivity index (χ3v) is 4.86. The molecule has 10 heteroatoms. The maximum absolute atomic E-state index is 13.4. The predicted molar refractivity (Wildman–Crippen MR) is 114 cm³/mol. The van der Waals surface area contributed by atoms with Gasteiger partial charge in [0.1, 0.15) is 5.82 Å². The topological polar surface area (TPSA) is 83.9 Å². The number of carbonyl (C=O) groups is 1. The summed E-state index contributed by atoms with van der Waals surface area (Å²) in [5.74, 6) is 0.364. The Kier molecular flexibility index (Phi) is 7.01. The van der Waals surface area contributed by atoms with Gasteiger partial charge in [0, 0.05) is 43.3 Å². The maximum Gasteiger partial charge on any atom is 0.419 e. The number of carbonyl (C=O) groups excluding carboxylic acids is 1. The van der Waals surface area contributed by atoms with Crippen molar-refractivity contribution in [1.82, 2.24) is 24.8 Å². The molecule has 2 heterocycles. The van der Waals surface area contributed by atoms with Crippen LogP contribution in [-0.2, 0) is 6.18 Å². The quantitative estimate of drug-likeness (QED) is 0.587. The summed E-state index contributed by atoms with van der Waals surface area (Å²) < 4.78 is 38.0. The van der Waals surface area contributed by atoms with Crippen LogP contribution < -0.4 is 5.32 Å². The SMILES string of the molecule is CCN(C(=O)c1cnc(C)nc1-c1ccccc1)C(C)CNc1ncc(C(F)(F)F)cn1. The first-order valence-electron chi connectivity index (χ1n) is 10.0. The Labute approximate surface area is 183 Å². The monoisotopic (exact) mass is 444 g/mol. The van der Waals surface area contributed by atoms with Crippen molar-refractivity contribution in [2.75, 3.05) is 18.4 Å². The number of benzene rings is 1. The fourth-order valence-corrected chi connectivity index (χ4v) is 3.17. The predicted octanol–water partition coefficient (Wildman–Crippen LogP) is 4.22. The standard InChI is InChI=1S/C22H23F3N6O/c1-4-31(14(2)10-27-21-28-11-17(12-29-21)22(23,24)25)20(32)18-13-26-15(3)30-19(18)16-8-6-5-7-9-16/h5-9,11-14H,4,10H2,1-3H3,(H,27,28,29). The molecular weight excluding hydrogens is 421 g/mol. The lowest BCUT2D eigenvalue weighted by molar-refractivity contribution is -0.138. The fourth-order valence-electron chi connectivity index (χ4n) is 3.17. The van der Waals surface area contributed by atoms with Gasteiger partial charge in [0.2, 0.25) is 5.95 Å². The molecule has 0 saturated heterocycles. The number of aromatic nitrogens is 4. The first-order valence-corrected chi connectivity index (χ1v) is 10.0. The highest BCUT2D eigenvalue weighted by Gasteiger charge is 2.31. The molecule has 3 rings (SSSR count). The van der Waals surface area contributed by atoms with Gasteiger partial charge >= 0.3 is 6.18 Å². The van der Waals surface area contributed by atoms with E-state index in [4.69, 9.17) is 0 Å². The van der Waals surface area contributed by atoms with Gasteiger partial charge in [-0.05, 0) is 20.8 Å². The van der Waals surface area contributed by atoms with Crippen molar-refractivity contribution in [1.29, 1.82) is 0 Å². The first-order chi connectivity index (χ1) is 15.2. The molecule has 0 spiro atoms. The van der Waals surface area contributed by atoms with E-state index in [-0.39, 0.29) is 24.4 Å². The van der Waals surface area contributed by atoms with Gasteiger partial charge in [0.15, 0.2) is 0 Å². The third kappa shape index (κ3) is 5.37. The highest BCUT2D eigenvalue weighted by molar-refractivity contribution is 5.99. The lowest BCUT2D eigenvalue weighted by Gasteiger charge is -2.29. The van der Waals surface area contributed by atoms with E-state index in [0.29, 0.717) is 23.6 Å². The Morgan fingerprint density at radius 3 is 2.34 bits per heavy atom. The Morgan fingerprint density at radius 2 is 1.75 bits per heavy atom. The lowest BCUT2D eigenvalue weighted by Crippen LogP contribution is -2.42. The number of nitrogens with one attached hydrogen (secondary N) is 1. The summed E-state index contributed by atoms with van der Waals surface area (Å²) in [5.41, 5.74) is 0.810. The van der Waals surface area contributed by atoms with E-state index in [1.165, 1.54) is 6.20 Å². The van der Waals surface area contributed by atoms with Gasteiger partial charge in [0.25, 0.3) is 5.91 Å². The minimum Gasteiger partial charge on any atom is -0.352 e. The van der Waals surface area contributed by atoms with Gasteiger partial charge in [-0.3, -0.25) is 4.79 Å². The van der Waals surface area contributed by atoms with E-state index >= 15 is 0 Å². The van der Waals surface area contributed by atoms with Crippen LogP contribution in [0.5, 0.6) is 0 Å². The van der Waals surface area contributed by atoms with Crippen LogP contribution in [0.15, 0.2) is 48.9 Å². The number of likely N-dealkylation sites (N-methyl/N-ethyl adjacent to an activating group) is 1. The number of amides is 1.